The lowest BCUT2D eigenvalue weighted by molar-refractivity contribution is -0.148. The average molecular weight is 274 g/mol. The van der Waals surface area contributed by atoms with Gasteiger partial charge in [-0.1, -0.05) is 37.3 Å². The minimum Gasteiger partial charge on any atom is -0.456 e. The van der Waals surface area contributed by atoms with E-state index in [4.69, 9.17) is 10.00 Å². The molecule has 1 aromatic carbocycles. The van der Waals surface area contributed by atoms with Gasteiger partial charge in [-0.3, -0.25) is 9.59 Å². The van der Waals surface area contributed by atoms with Crippen LogP contribution >= 0.6 is 0 Å². The zero-order valence-corrected chi connectivity index (χ0v) is 11.5. The van der Waals surface area contributed by atoms with Gasteiger partial charge in [0.05, 0.1) is 18.9 Å². The summed E-state index contributed by atoms with van der Waals surface area (Å²) in [5.74, 6) is -0.747. The van der Waals surface area contributed by atoms with Crippen molar-refractivity contribution in [2.24, 2.45) is 0 Å². The van der Waals surface area contributed by atoms with Gasteiger partial charge in [0.2, 0.25) is 0 Å². The summed E-state index contributed by atoms with van der Waals surface area (Å²) in [6.07, 6.45) is 0.472. The maximum absolute atomic E-state index is 11.6. The van der Waals surface area contributed by atoms with E-state index in [0.29, 0.717) is 0 Å². The van der Waals surface area contributed by atoms with Gasteiger partial charge in [-0.05, 0) is 11.5 Å². The highest BCUT2D eigenvalue weighted by Crippen LogP contribution is 2.18. The molecule has 5 heteroatoms. The Labute approximate surface area is 118 Å². The Hall–Kier alpha value is -2.35. The van der Waals surface area contributed by atoms with Crippen LogP contribution < -0.4 is 5.32 Å². The fourth-order valence-electron chi connectivity index (χ4n) is 1.66. The molecule has 0 saturated carbocycles. The highest BCUT2D eigenvalue weighted by Gasteiger charge is 2.13. The van der Waals surface area contributed by atoms with E-state index in [1.807, 2.05) is 43.3 Å². The second-order valence-electron chi connectivity index (χ2n) is 4.43. The third-order valence-electron chi connectivity index (χ3n) is 2.76. The summed E-state index contributed by atoms with van der Waals surface area (Å²) >= 11 is 0. The van der Waals surface area contributed by atoms with Crippen LogP contribution in [0.1, 0.15) is 31.2 Å². The number of carbonyl (C=O) groups is 2. The number of nitriles is 1. The first-order valence-corrected chi connectivity index (χ1v) is 6.47. The van der Waals surface area contributed by atoms with Gasteiger partial charge >= 0.3 is 5.97 Å². The van der Waals surface area contributed by atoms with E-state index in [2.05, 4.69) is 5.32 Å². The molecule has 106 valence electrons. The largest absolute Gasteiger partial charge is 0.456 e. The third kappa shape index (κ3) is 6.01. The number of amides is 1. The van der Waals surface area contributed by atoms with E-state index in [1.165, 1.54) is 0 Å². The lowest BCUT2D eigenvalue weighted by atomic mass is 9.98. The van der Waals surface area contributed by atoms with Crippen LogP contribution in [0.25, 0.3) is 0 Å². The van der Waals surface area contributed by atoms with Crippen molar-refractivity contribution < 1.29 is 14.3 Å². The topological polar surface area (TPSA) is 79.2 Å². The molecule has 1 N–H and O–H groups in total. The molecule has 0 spiro atoms. The molecule has 0 aromatic heterocycles. The van der Waals surface area contributed by atoms with E-state index in [-0.39, 0.29) is 37.8 Å². The Kier molecular flexibility index (Phi) is 6.83. The van der Waals surface area contributed by atoms with Crippen molar-refractivity contribution in [2.75, 3.05) is 13.2 Å². The van der Waals surface area contributed by atoms with Crippen LogP contribution in [-0.2, 0) is 14.3 Å². The molecule has 0 heterocycles. The van der Waals surface area contributed by atoms with Crippen LogP contribution in [0.4, 0.5) is 0 Å². The van der Waals surface area contributed by atoms with Crippen molar-refractivity contribution in [3.05, 3.63) is 35.9 Å². The van der Waals surface area contributed by atoms with Crippen molar-refractivity contribution in [3.8, 4) is 6.07 Å². The molecule has 1 atom stereocenters. The van der Waals surface area contributed by atoms with Gasteiger partial charge < -0.3 is 10.1 Å². The van der Waals surface area contributed by atoms with Gasteiger partial charge in [0.25, 0.3) is 5.91 Å². The Balaban J connectivity index is 2.27. The molecule has 0 bridgehead atoms. The zero-order valence-electron chi connectivity index (χ0n) is 11.5. The zero-order chi connectivity index (χ0) is 14.8. The Morgan fingerprint density at radius 2 is 2.05 bits per heavy atom. The maximum Gasteiger partial charge on any atom is 0.306 e. The standard InChI is InChI=1S/C15H18N2O3/c1-12(13-6-3-2-4-7-13)10-15(19)20-11-14(18)17-9-5-8-16/h2-4,6-7,12H,5,9-11H2,1H3,(H,17,18)/t12-/m1/s1. The van der Waals surface area contributed by atoms with Gasteiger partial charge in [-0.25, -0.2) is 0 Å². The molecule has 0 aliphatic rings. The number of esters is 1. The summed E-state index contributed by atoms with van der Waals surface area (Å²) in [6, 6.07) is 11.6. The van der Waals surface area contributed by atoms with Crippen molar-refractivity contribution in [1.29, 1.82) is 5.26 Å². The highest BCUT2D eigenvalue weighted by molar-refractivity contribution is 5.80. The number of benzene rings is 1. The molecular formula is C15H18N2O3. The summed E-state index contributed by atoms with van der Waals surface area (Å²) in [7, 11) is 0. The molecular weight excluding hydrogens is 256 g/mol. The van der Waals surface area contributed by atoms with E-state index in [0.717, 1.165) is 5.56 Å². The molecule has 1 amide bonds. The lowest BCUT2D eigenvalue weighted by Gasteiger charge is -2.11. The molecule has 0 unspecified atom stereocenters. The summed E-state index contributed by atoms with van der Waals surface area (Å²) in [5.41, 5.74) is 1.06. The van der Waals surface area contributed by atoms with E-state index in [1.54, 1.807) is 0 Å². The van der Waals surface area contributed by atoms with Crippen molar-refractivity contribution in [1.82, 2.24) is 5.32 Å². The number of hydrogen-bond acceptors (Lipinski definition) is 4. The molecule has 0 saturated heterocycles. The molecule has 0 aliphatic heterocycles. The third-order valence-corrected chi connectivity index (χ3v) is 2.76. The first-order chi connectivity index (χ1) is 9.63. The summed E-state index contributed by atoms with van der Waals surface area (Å²) in [6.45, 7) is 1.91. The van der Waals surface area contributed by atoms with Gasteiger partial charge in [0.15, 0.2) is 6.61 Å². The fourth-order valence-corrected chi connectivity index (χ4v) is 1.66. The minimum absolute atomic E-state index is 0.0466. The van der Waals surface area contributed by atoms with Crippen LogP contribution in [0.15, 0.2) is 30.3 Å². The number of rotatable bonds is 7. The number of nitrogens with one attached hydrogen (secondary N) is 1. The average Bonchev–Trinajstić information content (AvgIpc) is 2.46. The van der Waals surface area contributed by atoms with Gasteiger partial charge in [-0.2, -0.15) is 5.26 Å². The molecule has 1 aromatic rings. The van der Waals surface area contributed by atoms with E-state index < -0.39 is 5.97 Å². The maximum atomic E-state index is 11.6. The van der Waals surface area contributed by atoms with Crippen LogP contribution in [0, 0.1) is 11.3 Å². The number of hydrogen-bond donors (Lipinski definition) is 1. The molecule has 20 heavy (non-hydrogen) atoms. The fraction of sp³-hybridized carbons (Fsp3) is 0.400. The predicted molar refractivity (Wildman–Crippen MR) is 73.7 cm³/mol. The second kappa shape index (κ2) is 8.70. The van der Waals surface area contributed by atoms with Crippen molar-refractivity contribution in [3.63, 3.8) is 0 Å². The Bertz CT molecular complexity index is 480. The smallest absolute Gasteiger partial charge is 0.306 e. The van der Waals surface area contributed by atoms with Crippen molar-refractivity contribution in [2.45, 2.75) is 25.7 Å². The predicted octanol–water partition coefficient (Wildman–Crippen LogP) is 1.75. The quantitative estimate of drug-likeness (QED) is 0.607. The number of nitrogens with zero attached hydrogens (tertiary/aromatic N) is 1. The normalized spacial score (nSPS) is 11.2. The highest BCUT2D eigenvalue weighted by atomic mass is 16.5. The summed E-state index contributed by atoms with van der Waals surface area (Å²) in [4.78, 5) is 22.9. The SMILES string of the molecule is C[C@H](CC(=O)OCC(=O)NCCC#N)c1ccccc1. The Morgan fingerprint density at radius 1 is 1.35 bits per heavy atom. The summed E-state index contributed by atoms with van der Waals surface area (Å²) < 4.78 is 4.89. The molecule has 0 radical (unpaired) electrons. The monoisotopic (exact) mass is 274 g/mol. The lowest BCUT2D eigenvalue weighted by Crippen LogP contribution is -2.29. The van der Waals surface area contributed by atoms with E-state index in [9.17, 15) is 9.59 Å². The summed E-state index contributed by atoms with van der Waals surface area (Å²) in [5, 5.41) is 10.8. The van der Waals surface area contributed by atoms with Gasteiger partial charge in [0, 0.05) is 6.54 Å². The Morgan fingerprint density at radius 3 is 2.70 bits per heavy atom. The number of ether oxygens (including phenoxy) is 1. The van der Waals surface area contributed by atoms with Crippen LogP contribution in [-0.4, -0.2) is 25.0 Å². The first-order valence-electron chi connectivity index (χ1n) is 6.47. The number of carbonyl (C=O) groups excluding carboxylic acids is 2. The second-order valence-corrected chi connectivity index (χ2v) is 4.43. The van der Waals surface area contributed by atoms with Gasteiger partial charge in [0.1, 0.15) is 0 Å². The van der Waals surface area contributed by atoms with Crippen LogP contribution in [0.3, 0.4) is 0 Å². The van der Waals surface area contributed by atoms with Crippen molar-refractivity contribution >= 4 is 11.9 Å². The van der Waals surface area contributed by atoms with E-state index >= 15 is 0 Å². The van der Waals surface area contributed by atoms with Crippen LogP contribution in [0.5, 0.6) is 0 Å². The first kappa shape index (κ1) is 15.7. The molecule has 0 aliphatic carbocycles. The van der Waals surface area contributed by atoms with Crippen LogP contribution in [0.2, 0.25) is 0 Å². The molecule has 5 nitrogen and oxygen atoms in total. The van der Waals surface area contributed by atoms with Gasteiger partial charge in [-0.15, -0.1) is 0 Å². The minimum atomic E-state index is -0.406. The molecule has 1 rings (SSSR count). The molecule has 0 fully saturated rings.